The Balaban J connectivity index is 2.59. The Morgan fingerprint density at radius 2 is 2.05 bits per heavy atom. The van der Waals surface area contributed by atoms with Crippen LogP contribution >= 0.6 is 0 Å². The molecule has 0 bridgehead atoms. The summed E-state index contributed by atoms with van der Waals surface area (Å²) < 4.78 is 24.9. The second-order valence-electron chi connectivity index (χ2n) is 5.91. The van der Waals surface area contributed by atoms with Crippen molar-refractivity contribution in [1.82, 2.24) is 9.62 Å². The van der Waals surface area contributed by atoms with Gasteiger partial charge in [-0.15, -0.1) is 0 Å². The Morgan fingerprint density at radius 1 is 1.37 bits per heavy atom. The van der Waals surface area contributed by atoms with Crippen LogP contribution in [-0.2, 0) is 10.0 Å². The first-order valence-electron chi connectivity index (χ1n) is 7.56. The van der Waals surface area contributed by atoms with Crippen LogP contribution in [0.15, 0.2) is 0 Å². The highest BCUT2D eigenvalue weighted by atomic mass is 32.2. The van der Waals surface area contributed by atoms with Crippen LogP contribution in [0, 0.1) is 11.8 Å². The van der Waals surface area contributed by atoms with Crippen LogP contribution in [0.4, 0.5) is 0 Å². The van der Waals surface area contributed by atoms with E-state index in [1.54, 1.807) is 4.31 Å². The molecule has 1 saturated heterocycles. The van der Waals surface area contributed by atoms with Gasteiger partial charge in [0.05, 0.1) is 6.26 Å². The summed E-state index contributed by atoms with van der Waals surface area (Å²) in [7, 11) is -3.02. The lowest BCUT2D eigenvalue weighted by Gasteiger charge is -2.34. The molecule has 0 amide bonds. The first-order valence-corrected chi connectivity index (χ1v) is 9.41. The number of sulfonamides is 1. The third kappa shape index (κ3) is 5.40. The second kappa shape index (κ2) is 7.60. The number of nitrogens with one attached hydrogen (secondary N) is 1. The fourth-order valence-electron chi connectivity index (χ4n) is 2.94. The van der Waals surface area contributed by atoms with E-state index in [1.807, 2.05) is 0 Å². The van der Waals surface area contributed by atoms with Crippen molar-refractivity contribution in [1.29, 1.82) is 0 Å². The van der Waals surface area contributed by atoms with E-state index in [1.165, 1.54) is 12.7 Å². The van der Waals surface area contributed by atoms with Crippen molar-refractivity contribution in [3.8, 4) is 0 Å². The average Bonchev–Trinajstić information content (AvgIpc) is 2.36. The van der Waals surface area contributed by atoms with Crippen LogP contribution in [0.3, 0.4) is 0 Å². The van der Waals surface area contributed by atoms with Gasteiger partial charge in [-0.2, -0.15) is 0 Å². The SMILES string of the molecule is CCNC(CC1CCCN(S(C)(=O)=O)C1)C(C)CC. The molecule has 0 spiro atoms. The molecule has 4 nitrogen and oxygen atoms in total. The maximum atomic E-state index is 11.6. The van der Waals surface area contributed by atoms with Gasteiger partial charge in [0.1, 0.15) is 0 Å². The largest absolute Gasteiger partial charge is 0.314 e. The van der Waals surface area contributed by atoms with Gasteiger partial charge in [-0.1, -0.05) is 27.2 Å². The quantitative estimate of drug-likeness (QED) is 0.781. The van der Waals surface area contributed by atoms with Crippen molar-refractivity contribution in [2.75, 3.05) is 25.9 Å². The van der Waals surface area contributed by atoms with Crippen LogP contribution in [0.5, 0.6) is 0 Å². The third-order valence-electron chi connectivity index (χ3n) is 4.34. The molecule has 3 unspecified atom stereocenters. The molecule has 0 aromatic heterocycles. The van der Waals surface area contributed by atoms with Crippen molar-refractivity contribution in [3.63, 3.8) is 0 Å². The Bertz CT molecular complexity index is 356. The van der Waals surface area contributed by atoms with Crippen molar-refractivity contribution in [3.05, 3.63) is 0 Å². The molecule has 1 fully saturated rings. The van der Waals surface area contributed by atoms with Gasteiger partial charge >= 0.3 is 0 Å². The van der Waals surface area contributed by atoms with E-state index in [-0.39, 0.29) is 0 Å². The van der Waals surface area contributed by atoms with Crippen molar-refractivity contribution < 1.29 is 8.42 Å². The van der Waals surface area contributed by atoms with E-state index >= 15 is 0 Å². The lowest BCUT2D eigenvalue weighted by molar-refractivity contribution is 0.217. The number of piperidine rings is 1. The monoisotopic (exact) mass is 290 g/mol. The summed E-state index contributed by atoms with van der Waals surface area (Å²) in [6.45, 7) is 9.03. The van der Waals surface area contributed by atoms with Crippen LogP contribution in [-0.4, -0.2) is 44.7 Å². The van der Waals surface area contributed by atoms with E-state index in [2.05, 4.69) is 26.1 Å². The Labute approximate surface area is 119 Å². The maximum Gasteiger partial charge on any atom is 0.211 e. The number of nitrogens with zero attached hydrogens (tertiary/aromatic N) is 1. The molecule has 1 aliphatic heterocycles. The standard InChI is InChI=1S/C14H30N2O2S/c1-5-12(3)14(15-6-2)10-13-8-7-9-16(11-13)19(4,17)18/h12-15H,5-11H2,1-4H3. The smallest absolute Gasteiger partial charge is 0.211 e. The minimum atomic E-state index is -3.02. The summed E-state index contributed by atoms with van der Waals surface area (Å²) in [6, 6.07) is 0.513. The molecular formula is C14H30N2O2S. The highest BCUT2D eigenvalue weighted by Crippen LogP contribution is 2.25. The van der Waals surface area contributed by atoms with Gasteiger partial charge in [0, 0.05) is 19.1 Å². The van der Waals surface area contributed by atoms with Gasteiger partial charge in [-0.25, -0.2) is 12.7 Å². The summed E-state index contributed by atoms with van der Waals surface area (Å²) in [6.07, 6.45) is 5.74. The van der Waals surface area contributed by atoms with E-state index in [0.29, 0.717) is 31.0 Å². The highest BCUT2D eigenvalue weighted by Gasteiger charge is 2.28. The molecule has 5 heteroatoms. The number of rotatable bonds is 7. The molecule has 0 aliphatic carbocycles. The van der Waals surface area contributed by atoms with E-state index in [9.17, 15) is 8.42 Å². The van der Waals surface area contributed by atoms with Crippen molar-refractivity contribution in [2.24, 2.45) is 11.8 Å². The topological polar surface area (TPSA) is 49.4 Å². The molecule has 1 heterocycles. The average molecular weight is 290 g/mol. The number of hydrogen-bond donors (Lipinski definition) is 1. The van der Waals surface area contributed by atoms with Crippen LogP contribution in [0.25, 0.3) is 0 Å². The first kappa shape index (κ1) is 16.9. The normalized spacial score (nSPS) is 25.2. The summed E-state index contributed by atoms with van der Waals surface area (Å²) in [5.41, 5.74) is 0. The molecule has 0 radical (unpaired) electrons. The Hall–Kier alpha value is -0.130. The third-order valence-corrected chi connectivity index (χ3v) is 5.60. The van der Waals surface area contributed by atoms with Gasteiger partial charge in [-0.05, 0) is 37.6 Å². The molecule has 114 valence electrons. The summed E-state index contributed by atoms with van der Waals surface area (Å²) >= 11 is 0. The Morgan fingerprint density at radius 3 is 2.58 bits per heavy atom. The van der Waals surface area contributed by atoms with E-state index < -0.39 is 10.0 Å². The molecule has 0 saturated carbocycles. The zero-order chi connectivity index (χ0) is 14.5. The molecule has 0 aromatic rings. The van der Waals surface area contributed by atoms with Gasteiger partial charge in [-0.3, -0.25) is 0 Å². The zero-order valence-electron chi connectivity index (χ0n) is 12.9. The van der Waals surface area contributed by atoms with E-state index in [4.69, 9.17) is 0 Å². The van der Waals surface area contributed by atoms with Crippen LogP contribution in [0.2, 0.25) is 0 Å². The van der Waals surface area contributed by atoms with Crippen molar-refractivity contribution in [2.45, 2.75) is 52.5 Å². The molecular weight excluding hydrogens is 260 g/mol. The highest BCUT2D eigenvalue weighted by molar-refractivity contribution is 7.88. The summed E-state index contributed by atoms with van der Waals surface area (Å²) in [5, 5.41) is 3.57. The lowest BCUT2D eigenvalue weighted by atomic mass is 9.86. The summed E-state index contributed by atoms with van der Waals surface area (Å²) in [4.78, 5) is 0. The predicted molar refractivity (Wildman–Crippen MR) is 80.7 cm³/mol. The maximum absolute atomic E-state index is 11.6. The van der Waals surface area contributed by atoms with Gasteiger partial charge in [0.25, 0.3) is 0 Å². The fraction of sp³-hybridized carbons (Fsp3) is 1.00. The first-order chi connectivity index (χ1) is 8.88. The molecule has 1 rings (SSSR count). The predicted octanol–water partition coefficient (Wildman–Crippen LogP) is 2.07. The molecule has 19 heavy (non-hydrogen) atoms. The molecule has 0 aromatic carbocycles. The lowest BCUT2D eigenvalue weighted by Crippen LogP contribution is -2.43. The second-order valence-corrected chi connectivity index (χ2v) is 7.90. The van der Waals surface area contributed by atoms with Crippen LogP contribution < -0.4 is 5.32 Å². The van der Waals surface area contributed by atoms with E-state index in [0.717, 1.165) is 25.8 Å². The number of hydrogen-bond acceptors (Lipinski definition) is 3. The van der Waals surface area contributed by atoms with Gasteiger partial charge in [0.15, 0.2) is 0 Å². The Kier molecular flexibility index (Phi) is 6.77. The van der Waals surface area contributed by atoms with Crippen LogP contribution in [0.1, 0.15) is 46.5 Å². The fourth-order valence-corrected chi connectivity index (χ4v) is 3.89. The molecule has 1 N–H and O–H groups in total. The minimum absolute atomic E-state index is 0.501. The minimum Gasteiger partial charge on any atom is -0.314 e. The van der Waals surface area contributed by atoms with Gasteiger partial charge in [0.2, 0.25) is 10.0 Å². The zero-order valence-corrected chi connectivity index (χ0v) is 13.7. The molecule has 3 atom stereocenters. The van der Waals surface area contributed by atoms with Gasteiger partial charge < -0.3 is 5.32 Å². The summed E-state index contributed by atoms with van der Waals surface area (Å²) in [5.74, 6) is 1.15. The van der Waals surface area contributed by atoms with Crippen molar-refractivity contribution >= 4 is 10.0 Å². The molecule has 1 aliphatic rings.